The number of pyridine rings is 1. The Labute approximate surface area is 162 Å². The maximum absolute atomic E-state index is 13.5. The zero-order valence-corrected chi connectivity index (χ0v) is 16.1. The Kier molecular flexibility index (Phi) is 5.95. The molecule has 1 saturated carbocycles. The topological polar surface area (TPSA) is 106 Å². The third kappa shape index (κ3) is 4.85. The van der Waals surface area contributed by atoms with Crippen LogP contribution < -0.4 is 9.46 Å². The van der Waals surface area contributed by atoms with Crippen LogP contribution in [0.2, 0.25) is 0 Å². The third-order valence-electron chi connectivity index (χ3n) is 4.65. The van der Waals surface area contributed by atoms with Crippen LogP contribution in [0.25, 0.3) is 0 Å². The van der Waals surface area contributed by atoms with Gasteiger partial charge < -0.3 is 9.84 Å². The molecule has 1 aromatic carbocycles. The van der Waals surface area contributed by atoms with E-state index in [1.54, 1.807) is 12.3 Å². The molecule has 1 fully saturated rings. The number of carboxylic acids is 1. The van der Waals surface area contributed by atoms with Crippen molar-refractivity contribution in [2.24, 2.45) is 0 Å². The van der Waals surface area contributed by atoms with Crippen molar-refractivity contribution in [3.05, 3.63) is 53.5 Å². The molecule has 0 atom stereocenters. The predicted octanol–water partition coefficient (Wildman–Crippen LogP) is 2.90. The second kappa shape index (κ2) is 8.24. The van der Waals surface area contributed by atoms with E-state index in [2.05, 4.69) is 9.71 Å². The maximum Gasteiger partial charge on any atom is 0.338 e. The SMILES string of the molecule is Cc1ccc(OC2CCC(NS(=O)(=O)c3ccc(F)c(C(=O)O)c3)CC2)nc1. The summed E-state index contributed by atoms with van der Waals surface area (Å²) >= 11 is 0. The first kappa shape index (κ1) is 20.2. The van der Waals surface area contributed by atoms with Gasteiger partial charge in [-0.2, -0.15) is 0 Å². The van der Waals surface area contributed by atoms with E-state index in [9.17, 15) is 17.6 Å². The van der Waals surface area contributed by atoms with E-state index in [1.165, 1.54) is 0 Å². The summed E-state index contributed by atoms with van der Waals surface area (Å²) in [4.78, 5) is 15.0. The zero-order chi connectivity index (χ0) is 20.3. The molecule has 0 spiro atoms. The molecular formula is C19H21FN2O5S. The molecule has 1 aliphatic carbocycles. The first-order valence-electron chi connectivity index (χ1n) is 8.89. The summed E-state index contributed by atoms with van der Waals surface area (Å²) in [6, 6.07) is 6.15. The molecule has 9 heteroatoms. The van der Waals surface area contributed by atoms with E-state index in [1.807, 2.05) is 13.0 Å². The van der Waals surface area contributed by atoms with Crippen molar-refractivity contribution in [1.29, 1.82) is 0 Å². The normalized spacial score (nSPS) is 19.9. The van der Waals surface area contributed by atoms with Crippen molar-refractivity contribution in [2.45, 2.75) is 49.6 Å². The fourth-order valence-corrected chi connectivity index (χ4v) is 4.45. The van der Waals surface area contributed by atoms with Crippen LogP contribution in [0.4, 0.5) is 4.39 Å². The molecule has 0 aliphatic heterocycles. The average Bonchev–Trinajstić information content (AvgIpc) is 2.65. The van der Waals surface area contributed by atoms with Crippen LogP contribution in [0.5, 0.6) is 5.88 Å². The molecule has 1 aromatic heterocycles. The number of hydrogen-bond acceptors (Lipinski definition) is 5. The Hall–Kier alpha value is -2.52. The first-order valence-corrected chi connectivity index (χ1v) is 10.4. The lowest BCUT2D eigenvalue weighted by Crippen LogP contribution is -2.39. The molecule has 150 valence electrons. The number of nitrogens with zero attached hydrogens (tertiary/aromatic N) is 1. The van der Waals surface area contributed by atoms with Gasteiger partial charge in [-0.15, -0.1) is 0 Å². The molecule has 0 radical (unpaired) electrons. The van der Waals surface area contributed by atoms with Crippen LogP contribution in [0.3, 0.4) is 0 Å². The van der Waals surface area contributed by atoms with Crippen molar-refractivity contribution >= 4 is 16.0 Å². The molecule has 3 rings (SSSR count). The third-order valence-corrected chi connectivity index (χ3v) is 6.16. The monoisotopic (exact) mass is 408 g/mol. The van der Waals surface area contributed by atoms with Gasteiger partial charge in [-0.25, -0.2) is 27.3 Å². The molecule has 28 heavy (non-hydrogen) atoms. The quantitative estimate of drug-likeness (QED) is 0.761. The van der Waals surface area contributed by atoms with Gasteiger partial charge in [0.05, 0.1) is 10.5 Å². The number of benzene rings is 1. The zero-order valence-electron chi connectivity index (χ0n) is 15.3. The highest BCUT2D eigenvalue weighted by Crippen LogP contribution is 2.25. The number of rotatable bonds is 6. The molecule has 0 unspecified atom stereocenters. The minimum Gasteiger partial charge on any atom is -0.478 e. The average molecular weight is 408 g/mol. The lowest BCUT2D eigenvalue weighted by atomic mass is 9.94. The number of halogens is 1. The van der Waals surface area contributed by atoms with Crippen molar-refractivity contribution in [3.63, 3.8) is 0 Å². The van der Waals surface area contributed by atoms with Gasteiger partial charge in [0, 0.05) is 18.3 Å². The number of carbonyl (C=O) groups is 1. The van der Waals surface area contributed by atoms with Crippen molar-refractivity contribution < 1.29 is 27.4 Å². The van der Waals surface area contributed by atoms with Crippen LogP contribution in [0.15, 0.2) is 41.4 Å². The standard InChI is InChI=1S/C19H21FN2O5S/c1-12-2-9-18(21-11-12)27-14-5-3-13(4-6-14)22-28(25,26)15-7-8-17(20)16(10-15)19(23)24/h2,7-11,13-14,22H,3-6H2,1H3,(H,23,24). The van der Waals surface area contributed by atoms with Gasteiger partial charge in [0.1, 0.15) is 11.9 Å². The number of carboxylic acid groups (broad SMARTS) is 1. The van der Waals surface area contributed by atoms with Gasteiger partial charge in [0.15, 0.2) is 0 Å². The minimum absolute atomic E-state index is 0.0413. The van der Waals surface area contributed by atoms with E-state index in [-0.39, 0.29) is 17.0 Å². The molecule has 0 bridgehead atoms. The number of nitrogens with one attached hydrogen (secondary N) is 1. The van der Waals surface area contributed by atoms with Crippen LogP contribution in [0, 0.1) is 12.7 Å². The summed E-state index contributed by atoms with van der Waals surface area (Å²) in [5, 5.41) is 8.97. The number of aromatic carboxylic acids is 1. The molecule has 2 aromatic rings. The van der Waals surface area contributed by atoms with E-state index >= 15 is 0 Å². The van der Waals surface area contributed by atoms with Crippen LogP contribution in [-0.2, 0) is 10.0 Å². The first-order chi connectivity index (χ1) is 13.2. The fourth-order valence-electron chi connectivity index (χ4n) is 3.12. The summed E-state index contributed by atoms with van der Waals surface area (Å²) in [6.45, 7) is 1.94. The summed E-state index contributed by atoms with van der Waals surface area (Å²) in [7, 11) is -3.95. The Morgan fingerprint density at radius 3 is 2.54 bits per heavy atom. The van der Waals surface area contributed by atoms with Gasteiger partial charge in [0.25, 0.3) is 0 Å². The van der Waals surface area contributed by atoms with Gasteiger partial charge in [0.2, 0.25) is 15.9 Å². The van der Waals surface area contributed by atoms with E-state index in [4.69, 9.17) is 9.84 Å². The molecule has 1 aliphatic rings. The summed E-state index contributed by atoms with van der Waals surface area (Å²) in [5.74, 6) is -1.95. The van der Waals surface area contributed by atoms with Crippen molar-refractivity contribution in [2.75, 3.05) is 0 Å². The van der Waals surface area contributed by atoms with Gasteiger partial charge in [-0.05, 0) is 56.4 Å². The fraction of sp³-hybridized carbons (Fsp3) is 0.368. The molecular weight excluding hydrogens is 387 g/mol. The number of hydrogen-bond donors (Lipinski definition) is 2. The molecule has 0 saturated heterocycles. The van der Waals surface area contributed by atoms with E-state index in [0.717, 1.165) is 23.8 Å². The minimum atomic E-state index is -3.95. The number of aryl methyl sites for hydroxylation is 1. The smallest absolute Gasteiger partial charge is 0.338 e. The van der Waals surface area contributed by atoms with E-state index in [0.29, 0.717) is 31.6 Å². The van der Waals surface area contributed by atoms with Crippen LogP contribution >= 0.6 is 0 Å². The second-order valence-electron chi connectivity index (χ2n) is 6.83. The van der Waals surface area contributed by atoms with Crippen LogP contribution in [-0.4, -0.2) is 36.6 Å². The summed E-state index contributed by atoms with van der Waals surface area (Å²) in [5.41, 5.74) is 0.364. The Morgan fingerprint density at radius 1 is 1.21 bits per heavy atom. The largest absolute Gasteiger partial charge is 0.478 e. The number of sulfonamides is 1. The Bertz CT molecular complexity index is 955. The van der Waals surface area contributed by atoms with Gasteiger partial charge in [-0.1, -0.05) is 6.07 Å². The Morgan fingerprint density at radius 2 is 1.93 bits per heavy atom. The predicted molar refractivity (Wildman–Crippen MR) is 99.3 cm³/mol. The van der Waals surface area contributed by atoms with Crippen LogP contribution in [0.1, 0.15) is 41.6 Å². The highest BCUT2D eigenvalue weighted by molar-refractivity contribution is 7.89. The maximum atomic E-state index is 13.5. The number of aromatic nitrogens is 1. The molecule has 2 N–H and O–H groups in total. The highest BCUT2D eigenvalue weighted by atomic mass is 32.2. The summed E-state index contributed by atoms with van der Waals surface area (Å²) < 4.78 is 47.0. The Balaban J connectivity index is 1.60. The molecule has 7 nitrogen and oxygen atoms in total. The lowest BCUT2D eigenvalue weighted by Gasteiger charge is -2.29. The molecule has 1 heterocycles. The highest BCUT2D eigenvalue weighted by Gasteiger charge is 2.27. The van der Waals surface area contributed by atoms with Crippen molar-refractivity contribution in [1.82, 2.24) is 9.71 Å². The van der Waals surface area contributed by atoms with E-state index < -0.39 is 27.4 Å². The van der Waals surface area contributed by atoms with Gasteiger partial charge in [-0.3, -0.25) is 0 Å². The number of ether oxygens (including phenoxy) is 1. The second-order valence-corrected chi connectivity index (χ2v) is 8.55. The van der Waals surface area contributed by atoms with Crippen molar-refractivity contribution in [3.8, 4) is 5.88 Å². The molecule has 0 amide bonds. The van der Waals surface area contributed by atoms with Gasteiger partial charge >= 0.3 is 5.97 Å². The lowest BCUT2D eigenvalue weighted by molar-refractivity contribution is 0.0691. The summed E-state index contributed by atoms with van der Waals surface area (Å²) in [6.07, 6.45) is 4.15.